The van der Waals surface area contributed by atoms with Crippen LogP contribution in [-0.4, -0.2) is 22.0 Å². The molecule has 0 radical (unpaired) electrons. The Morgan fingerprint density at radius 3 is 2.34 bits per heavy atom. The molecule has 1 aromatic carbocycles. The molecule has 0 saturated heterocycles. The van der Waals surface area contributed by atoms with Gasteiger partial charge in [-0.25, -0.2) is 4.98 Å². The first-order valence-electron chi connectivity index (χ1n) is 12.0. The zero-order valence-corrected chi connectivity index (χ0v) is 18.3. The molecule has 1 aromatic heterocycles. The summed E-state index contributed by atoms with van der Waals surface area (Å²) >= 11 is 0. The third kappa shape index (κ3) is 7.17. The van der Waals surface area contributed by atoms with Gasteiger partial charge in [-0.2, -0.15) is 0 Å². The Labute approximate surface area is 176 Å². The highest BCUT2D eigenvalue weighted by atomic mass is 16.2. The number of carbonyl (C=O) groups is 1. The first-order valence-corrected chi connectivity index (χ1v) is 12.0. The average Bonchev–Trinajstić information content (AvgIpc) is 3.53. The zero-order chi connectivity index (χ0) is 20.3. The van der Waals surface area contributed by atoms with E-state index < -0.39 is 0 Å². The van der Waals surface area contributed by atoms with E-state index in [-0.39, 0.29) is 11.8 Å². The summed E-state index contributed by atoms with van der Waals surface area (Å²) in [5.41, 5.74) is 2.30. The van der Waals surface area contributed by atoms with Crippen LogP contribution in [0.1, 0.15) is 89.8 Å². The summed E-state index contributed by atoms with van der Waals surface area (Å²) in [5, 5.41) is 3.08. The molecule has 1 heterocycles. The monoisotopic (exact) mass is 397 g/mol. The molecular weight excluding hydrogens is 358 g/mol. The molecule has 1 aliphatic carbocycles. The Bertz CT molecular complexity index is 748. The number of imidazole rings is 1. The lowest BCUT2D eigenvalue weighted by molar-refractivity contribution is -0.122. The summed E-state index contributed by atoms with van der Waals surface area (Å²) in [6.45, 7) is 4.00. The third-order valence-corrected chi connectivity index (χ3v) is 6.06. The molecule has 1 aliphatic rings. The summed E-state index contributed by atoms with van der Waals surface area (Å²) in [6.07, 6.45) is 16.5. The van der Waals surface area contributed by atoms with Crippen molar-refractivity contribution >= 4 is 16.9 Å². The van der Waals surface area contributed by atoms with Crippen molar-refractivity contribution in [3.63, 3.8) is 0 Å². The minimum absolute atomic E-state index is 0.224. The van der Waals surface area contributed by atoms with Crippen LogP contribution >= 0.6 is 0 Å². The Morgan fingerprint density at radius 2 is 1.66 bits per heavy atom. The topological polar surface area (TPSA) is 46.9 Å². The molecule has 0 unspecified atom stereocenters. The van der Waals surface area contributed by atoms with Gasteiger partial charge in [-0.3, -0.25) is 4.79 Å². The molecule has 1 fully saturated rings. The van der Waals surface area contributed by atoms with Gasteiger partial charge < -0.3 is 9.88 Å². The largest absolute Gasteiger partial charge is 0.355 e. The first kappa shape index (κ1) is 21.9. The number of fused-ring (bicyclic) bond motifs is 1. The molecule has 2 aromatic rings. The van der Waals surface area contributed by atoms with Crippen molar-refractivity contribution in [3.05, 3.63) is 30.1 Å². The number of nitrogens with zero attached hydrogens (tertiary/aromatic N) is 2. The van der Waals surface area contributed by atoms with Crippen molar-refractivity contribution < 1.29 is 4.79 Å². The van der Waals surface area contributed by atoms with Gasteiger partial charge in [-0.1, -0.05) is 76.8 Å². The fraction of sp³-hybridized carbons (Fsp3) is 0.680. The number of benzene rings is 1. The predicted octanol–water partition coefficient (Wildman–Crippen LogP) is 6.03. The second-order valence-corrected chi connectivity index (χ2v) is 8.67. The van der Waals surface area contributed by atoms with Crippen LogP contribution in [-0.2, 0) is 17.8 Å². The number of aromatic nitrogens is 2. The summed E-state index contributed by atoms with van der Waals surface area (Å²) < 4.78 is 2.38. The summed E-state index contributed by atoms with van der Waals surface area (Å²) in [4.78, 5) is 16.7. The van der Waals surface area contributed by atoms with Gasteiger partial charge in [-0.05, 0) is 31.4 Å². The SMILES string of the molecule is CCCCCCCCCCCCn1c(CCNC(=O)C2CC2)nc2ccccc21. The van der Waals surface area contributed by atoms with Crippen molar-refractivity contribution in [3.8, 4) is 0 Å². The van der Waals surface area contributed by atoms with Crippen molar-refractivity contribution in [1.82, 2.24) is 14.9 Å². The van der Waals surface area contributed by atoms with Crippen molar-refractivity contribution in [1.29, 1.82) is 0 Å². The van der Waals surface area contributed by atoms with E-state index >= 15 is 0 Å². The lowest BCUT2D eigenvalue weighted by atomic mass is 10.1. The predicted molar refractivity (Wildman–Crippen MR) is 121 cm³/mol. The van der Waals surface area contributed by atoms with Gasteiger partial charge in [0.15, 0.2) is 0 Å². The minimum atomic E-state index is 0.224. The number of carbonyl (C=O) groups excluding carboxylic acids is 1. The Morgan fingerprint density at radius 1 is 1.00 bits per heavy atom. The molecule has 4 heteroatoms. The van der Waals surface area contributed by atoms with E-state index in [2.05, 4.69) is 41.1 Å². The standard InChI is InChI=1S/C25H39N3O/c1-2-3-4-5-6-7-8-9-10-13-20-28-23-15-12-11-14-22(23)27-24(28)18-19-26-25(29)21-16-17-21/h11-12,14-15,21H,2-10,13,16-20H2,1H3,(H,26,29). The fourth-order valence-electron chi connectivity index (χ4n) is 4.11. The van der Waals surface area contributed by atoms with Crippen LogP contribution in [0.3, 0.4) is 0 Å². The number of hydrogen-bond acceptors (Lipinski definition) is 2. The zero-order valence-electron chi connectivity index (χ0n) is 18.3. The number of unbranched alkanes of at least 4 members (excludes halogenated alkanes) is 9. The van der Waals surface area contributed by atoms with Crippen LogP contribution in [0.15, 0.2) is 24.3 Å². The van der Waals surface area contributed by atoms with Gasteiger partial charge in [0.05, 0.1) is 11.0 Å². The van der Waals surface area contributed by atoms with E-state index in [4.69, 9.17) is 4.98 Å². The number of nitrogens with one attached hydrogen (secondary N) is 1. The summed E-state index contributed by atoms with van der Waals surface area (Å²) in [5.74, 6) is 1.61. The van der Waals surface area contributed by atoms with Gasteiger partial charge in [0.2, 0.25) is 5.91 Å². The van der Waals surface area contributed by atoms with Crippen LogP contribution in [0.5, 0.6) is 0 Å². The average molecular weight is 398 g/mol. The van der Waals surface area contributed by atoms with E-state index in [0.29, 0.717) is 6.54 Å². The lowest BCUT2D eigenvalue weighted by Gasteiger charge is -2.10. The molecule has 29 heavy (non-hydrogen) atoms. The van der Waals surface area contributed by atoms with Crippen LogP contribution in [0.2, 0.25) is 0 Å². The highest BCUT2D eigenvalue weighted by Gasteiger charge is 2.29. The van der Waals surface area contributed by atoms with E-state index in [1.54, 1.807) is 0 Å². The van der Waals surface area contributed by atoms with Crippen molar-refractivity contribution in [2.24, 2.45) is 5.92 Å². The van der Waals surface area contributed by atoms with Gasteiger partial charge in [-0.15, -0.1) is 0 Å². The van der Waals surface area contributed by atoms with Crippen LogP contribution < -0.4 is 5.32 Å². The number of hydrogen-bond donors (Lipinski definition) is 1. The van der Waals surface area contributed by atoms with Gasteiger partial charge in [0, 0.05) is 25.4 Å². The highest BCUT2D eigenvalue weighted by Crippen LogP contribution is 2.28. The van der Waals surface area contributed by atoms with E-state index in [1.165, 1.54) is 69.7 Å². The van der Waals surface area contributed by atoms with Gasteiger partial charge >= 0.3 is 0 Å². The normalized spacial score (nSPS) is 13.8. The molecule has 0 bridgehead atoms. The molecule has 4 nitrogen and oxygen atoms in total. The van der Waals surface area contributed by atoms with Crippen LogP contribution in [0, 0.1) is 5.92 Å². The van der Waals surface area contributed by atoms with Crippen LogP contribution in [0.25, 0.3) is 11.0 Å². The quantitative estimate of drug-likeness (QED) is 0.373. The van der Waals surface area contributed by atoms with E-state index in [9.17, 15) is 4.79 Å². The van der Waals surface area contributed by atoms with Gasteiger partial charge in [0.25, 0.3) is 0 Å². The molecular formula is C25H39N3O. The first-order chi connectivity index (χ1) is 14.3. The van der Waals surface area contributed by atoms with E-state index in [1.807, 2.05) is 0 Å². The summed E-state index contributed by atoms with van der Waals surface area (Å²) in [6, 6.07) is 8.41. The number of rotatable bonds is 15. The maximum Gasteiger partial charge on any atom is 0.223 e. The van der Waals surface area contributed by atoms with Crippen LogP contribution in [0.4, 0.5) is 0 Å². The highest BCUT2D eigenvalue weighted by molar-refractivity contribution is 5.80. The smallest absolute Gasteiger partial charge is 0.223 e. The molecule has 1 amide bonds. The molecule has 0 atom stereocenters. The second kappa shape index (κ2) is 12.0. The Balaban J connectivity index is 1.40. The minimum Gasteiger partial charge on any atom is -0.355 e. The molecule has 3 rings (SSSR count). The van der Waals surface area contributed by atoms with Crippen molar-refractivity contribution in [2.75, 3.05) is 6.54 Å². The van der Waals surface area contributed by atoms with Gasteiger partial charge in [0.1, 0.15) is 5.82 Å². The Hall–Kier alpha value is -1.84. The molecule has 0 spiro atoms. The number of aryl methyl sites for hydroxylation is 1. The number of para-hydroxylation sites is 2. The molecule has 1 N–H and O–H groups in total. The Kier molecular flexibility index (Phi) is 9.04. The summed E-state index contributed by atoms with van der Waals surface area (Å²) in [7, 11) is 0. The fourth-order valence-corrected chi connectivity index (χ4v) is 4.11. The van der Waals surface area contributed by atoms with E-state index in [0.717, 1.165) is 37.1 Å². The maximum absolute atomic E-state index is 11.9. The lowest BCUT2D eigenvalue weighted by Crippen LogP contribution is -2.27. The number of amides is 1. The molecule has 160 valence electrons. The molecule has 1 saturated carbocycles. The third-order valence-electron chi connectivity index (χ3n) is 6.06. The van der Waals surface area contributed by atoms with Crippen molar-refractivity contribution in [2.45, 2.75) is 96.9 Å². The second-order valence-electron chi connectivity index (χ2n) is 8.67. The molecule has 0 aliphatic heterocycles. The maximum atomic E-state index is 11.9.